The number of piperazine rings is 2. The monoisotopic (exact) mass is 420 g/mol. The Balaban J connectivity index is 1.35. The molecule has 2 heterocycles. The largest absolute Gasteiger partial charge is 0.340 e. The first-order valence-corrected chi connectivity index (χ1v) is 11.2. The van der Waals surface area contributed by atoms with E-state index in [1.54, 1.807) is 6.92 Å². The summed E-state index contributed by atoms with van der Waals surface area (Å²) in [7, 11) is 0. The number of hydrogen-bond donors (Lipinski definition) is 0. The van der Waals surface area contributed by atoms with Crippen LogP contribution in [0.5, 0.6) is 0 Å². The normalized spacial score (nSPS) is 18.4. The third kappa shape index (κ3) is 5.32. The Hall–Kier alpha value is -2.70. The Morgan fingerprint density at radius 1 is 0.710 bits per heavy atom. The predicted molar refractivity (Wildman–Crippen MR) is 122 cm³/mol. The molecule has 0 aliphatic carbocycles. The van der Waals surface area contributed by atoms with Crippen LogP contribution >= 0.6 is 0 Å². The molecule has 2 saturated heterocycles. The van der Waals surface area contributed by atoms with E-state index in [4.69, 9.17) is 0 Å². The molecule has 2 aliphatic rings. The van der Waals surface area contributed by atoms with E-state index in [0.29, 0.717) is 19.6 Å². The topological polar surface area (TPSA) is 47.1 Å². The first-order valence-electron chi connectivity index (χ1n) is 11.2. The molecule has 0 saturated carbocycles. The van der Waals surface area contributed by atoms with Crippen molar-refractivity contribution < 1.29 is 9.59 Å². The fraction of sp³-hybridized carbons (Fsp3) is 0.440. The molecule has 0 aromatic heterocycles. The summed E-state index contributed by atoms with van der Waals surface area (Å²) in [6.45, 7) is 8.26. The van der Waals surface area contributed by atoms with Crippen molar-refractivity contribution in [2.45, 2.75) is 13.0 Å². The van der Waals surface area contributed by atoms with Gasteiger partial charge in [-0.15, -0.1) is 0 Å². The van der Waals surface area contributed by atoms with Gasteiger partial charge in [-0.05, 0) is 11.1 Å². The van der Waals surface area contributed by atoms with Gasteiger partial charge in [0.2, 0.25) is 11.8 Å². The summed E-state index contributed by atoms with van der Waals surface area (Å²) in [5.41, 5.74) is 2.58. The average Bonchev–Trinajstić information content (AvgIpc) is 2.81. The van der Waals surface area contributed by atoms with Gasteiger partial charge in [0.05, 0.1) is 12.6 Å². The molecule has 31 heavy (non-hydrogen) atoms. The number of amides is 2. The molecule has 2 aliphatic heterocycles. The molecule has 164 valence electrons. The molecule has 0 unspecified atom stereocenters. The minimum Gasteiger partial charge on any atom is -0.340 e. The highest BCUT2D eigenvalue weighted by atomic mass is 16.2. The van der Waals surface area contributed by atoms with Crippen LogP contribution in [0.1, 0.15) is 24.1 Å². The number of rotatable bonds is 5. The van der Waals surface area contributed by atoms with Crippen LogP contribution in [0.25, 0.3) is 0 Å². The Labute approximate surface area is 185 Å². The van der Waals surface area contributed by atoms with Gasteiger partial charge in [-0.3, -0.25) is 19.4 Å². The minimum absolute atomic E-state index is 0.119. The van der Waals surface area contributed by atoms with Crippen molar-refractivity contribution in [2.24, 2.45) is 0 Å². The van der Waals surface area contributed by atoms with E-state index in [1.165, 1.54) is 11.1 Å². The van der Waals surface area contributed by atoms with Gasteiger partial charge in [-0.25, -0.2) is 0 Å². The van der Waals surface area contributed by atoms with Gasteiger partial charge in [-0.1, -0.05) is 60.7 Å². The summed E-state index contributed by atoms with van der Waals surface area (Å²) in [4.78, 5) is 32.9. The molecular weight excluding hydrogens is 388 g/mol. The predicted octanol–water partition coefficient (Wildman–Crippen LogP) is 2.08. The van der Waals surface area contributed by atoms with Crippen molar-refractivity contribution in [1.29, 1.82) is 0 Å². The zero-order valence-corrected chi connectivity index (χ0v) is 18.3. The summed E-state index contributed by atoms with van der Waals surface area (Å²) < 4.78 is 0. The number of carbonyl (C=O) groups excluding carboxylic acids is 2. The number of benzene rings is 2. The number of hydrogen-bond acceptors (Lipinski definition) is 4. The van der Waals surface area contributed by atoms with Gasteiger partial charge in [0.25, 0.3) is 0 Å². The van der Waals surface area contributed by atoms with Gasteiger partial charge < -0.3 is 9.80 Å². The maximum absolute atomic E-state index is 12.9. The number of nitrogens with zero attached hydrogens (tertiary/aromatic N) is 4. The van der Waals surface area contributed by atoms with Gasteiger partial charge in [0.1, 0.15) is 0 Å². The molecule has 0 spiro atoms. The van der Waals surface area contributed by atoms with Crippen LogP contribution in [0, 0.1) is 0 Å². The van der Waals surface area contributed by atoms with Crippen molar-refractivity contribution in [3.05, 3.63) is 71.8 Å². The lowest BCUT2D eigenvalue weighted by atomic mass is 9.96. The van der Waals surface area contributed by atoms with E-state index in [0.717, 1.165) is 39.3 Å². The summed E-state index contributed by atoms with van der Waals surface area (Å²) in [6.07, 6.45) is 0. The highest BCUT2D eigenvalue weighted by Gasteiger charge is 2.29. The quantitative estimate of drug-likeness (QED) is 0.743. The molecule has 0 N–H and O–H groups in total. The fourth-order valence-electron chi connectivity index (χ4n) is 4.63. The minimum atomic E-state index is 0.119. The summed E-state index contributed by atoms with van der Waals surface area (Å²) >= 11 is 0. The second-order valence-corrected chi connectivity index (χ2v) is 8.42. The summed E-state index contributed by atoms with van der Waals surface area (Å²) in [5, 5.41) is 0. The zero-order valence-electron chi connectivity index (χ0n) is 18.3. The standard InChI is InChI=1S/C25H32N4O2/c1-21(30)27-14-12-26(13-15-27)20-24(31)28-16-18-29(19-17-28)25(22-8-4-2-5-9-22)23-10-6-3-7-11-23/h2-11,25H,12-20H2,1H3. The molecule has 0 radical (unpaired) electrons. The van der Waals surface area contributed by atoms with Crippen LogP contribution in [-0.2, 0) is 9.59 Å². The van der Waals surface area contributed by atoms with E-state index < -0.39 is 0 Å². The molecule has 2 aromatic carbocycles. The molecule has 6 nitrogen and oxygen atoms in total. The fourth-order valence-corrected chi connectivity index (χ4v) is 4.63. The molecular formula is C25H32N4O2. The summed E-state index contributed by atoms with van der Waals surface area (Å²) in [5.74, 6) is 0.320. The molecule has 2 fully saturated rings. The maximum atomic E-state index is 12.9. The highest BCUT2D eigenvalue weighted by molar-refractivity contribution is 5.78. The third-order valence-corrected chi connectivity index (χ3v) is 6.44. The molecule has 2 aromatic rings. The van der Waals surface area contributed by atoms with Crippen molar-refractivity contribution in [1.82, 2.24) is 19.6 Å². The van der Waals surface area contributed by atoms with E-state index in [1.807, 2.05) is 9.80 Å². The van der Waals surface area contributed by atoms with Crippen LogP contribution in [0.15, 0.2) is 60.7 Å². The van der Waals surface area contributed by atoms with E-state index in [2.05, 4.69) is 70.5 Å². The second-order valence-electron chi connectivity index (χ2n) is 8.42. The van der Waals surface area contributed by atoms with Crippen molar-refractivity contribution in [3.8, 4) is 0 Å². The molecule has 6 heteroatoms. The summed E-state index contributed by atoms with van der Waals surface area (Å²) in [6, 6.07) is 21.5. The average molecular weight is 421 g/mol. The van der Waals surface area contributed by atoms with Crippen LogP contribution in [0.4, 0.5) is 0 Å². The van der Waals surface area contributed by atoms with Crippen LogP contribution < -0.4 is 0 Å². The van der Waals surface area contributed by atoms with Crippen molar-refractivity contribution in [3.63, 3.8) is 0 Å². The van der Waals surface area contributed by atoms with Crippen LogP contribution in [0.3, 0.4) is 0 Å². The lowest BCUT2D eigenvalue weighted by molar-refractivity contribution is -0.135. The lowest BCUT2D eigenvalue weighted by Crippen LogP contribution is -2.54. The van der Waals surface area contributed by atoms with Gasteiger partial charge in [-0.2, -0.15) is 0 Å². The molecule has 0 atom stereocenters. The van der Waals surface area contributed by atoms with Gasteiger partial charge in [0, 0.05) is 59.3 Å². The van der Waals surface area contributed by atoms with Crippen LogP contribution in [-0.4, -0.2) is 90.3 Å². The van der Waals surface area contributed by atoms with E-state index in [-0.39, 0.29) is 17.9 Å². The zero-order chi connectivity index (χ0) is 21.6. The Morgan fingerprint density at radius 2 is 1.19 bits per heavy atom. The highest BCUT2D eigenvalue weighted by Crippen LogP contribution is 2.29. The van der Waals surface area contributed by atoms with Gasteiger partial charge >= 0.3 is 0 Å². The van der Waals surface area contributed by atoms with E-state index in [9.17, 15) is 9.59 Å². The maximum Gasteiger partial charge on any atom is 0.236 e. The first kappa shape index (κ1) is 21.5. The Bertz CT molecular complexity index is 818. The second kappa shape index (κ2) is 10.1. The molecule has 4 rings (SSSR count). The molecule has 0 bridgehead atoms. The lowest BCUT2D eigenvalue weighted by Gasteiger charge is -2.41. The van der Waals surface area contributed by atoms with Crippen LogP contribution in [0.2, 0.25) is 0 Å². The first-order chi connectivity index (χ1) is 15.1. The molecule has 2 amide bonds. The Kier molecular flexibility index (Phi) is 6.99. The number of carbonyl (C=O) groups is 2. The third-order valence-electron chi connectivity index (χ3n) is 6.44. The van der Waals surface area contributed by atoms with Gasteiger partial charge in [0.15, 0.2) is 0 Å². The van der Waals surface area contributed by atoms with Crippen molar-refractivity contribution in [2.75, 3.05) is 58.9 Å². The SMILES string of the molecule is CC(=O)N1CCN(CC(=O)N2CCN(C(c3ccccc3)c3ccccc3)CC2)CC1. The Morgan fingerprint density at radius 3 is 1.68 bits per heavy atom. The van der Waals surface area contributed by atoms with Crippen molar-refractivity contribution >= 4 is 11.8 Å². The van der Waals surface area contributed by atoms with E-state index >= 15 is 0 Å². The smallest absolute Gasteiger partial charge is 0.236 e.